The van der Waals surface area contributed by atoms with Gasteiger partial charge >= 0.3 is 0 Å². The standard InChI is InChI=1S/C19H24N2O2S/c1-12-9-14(3)16(10-13(12)2)17(22)11-24-19-21-20-18(23-19)15-7-5-4-6-8-15/h9-10,15H,4-8,11H2,1-3H3. The Morgan fingerprint density at radius 3 is 2.54 bits per heavy atom. The summed E-state index contributed by atoms with van der Waals surface area (Å²) in [7, 11) is 0. The molecule has 0 bridgehead atoms. The molecule has 1 heterocycles. The third kappa shape index (κ3) is 3.89. The molecule has 0 amide bonds. The van der Waals surface area contributed by atoms with Crippen LogP contribution in [0.3, 0.4) is 0 Å². The average molecular weight is 344 g/mol. The summed E-state index contributed by atoms with van der Waals surface area (Å²) < 4.78 is 5.77. The lowest BCUT2D eigenvalue weighted by atomic mass is 9.89. The highest BCUT2D eigenvalue weighted by Crippen LogP contribution is 2.33. The molecule has 0 radical (unpaired) electrons. The smallest absolute Gasteiger partial charge is 0.277 e. The van der Waals surface area contributed by atoms with E-state index in [-0.39, 0.29) is 5.78 Å². The van der Waals surface area contributed by atoms with E-state index in [2.05, 4.69) is 23.2 Å². The Kier molecular flexibility index (Phi) is 5.39. The molecule has 1 aliphatic rings. The molecular weight excluding hydrogens is 320 g/mol. The minimum atomic E-state index is 0.109. The number of nitrogens with zero attached hydrogens (tertiary/aromatic N) is 2. The molecule has 4 nitrogen and oxygen atoms in total. The molecule has 5 heteroatoms. The maximum absolute atomic E-state index is 12.5. The molecule has 0 spiro atoms. The summed E-state index contributed by atoms with van der Waals surface area (Å²) in [6.07, 6.45) is 6.04. The van der Waals surface area contributed by atoms with E-state index in [4.69, 9.17) is 4.42 Å². The fraction of sp³-hybridized carbons (Fsp3) is 0.526. The molecule has 24 heavy (non-hydrogen) atoms. The molecule has 1 aromatic heterocycles. The number of Topliss-reactive ketones (excluding diaryl/α,β-unsaturated/α-hetero) is 1. The SMILES string of the molecule is Cc1cc(C)c(C(=O)CSc2nnc(C3CCCCC3)o2)cc1C. The number of benzene rings is 1. The normalized spacial score (nSPS) is 15.6. The Labute approximate surface area is 147 Å². The van der Waals surface area contributed by atoms with E-state index in [0.29, 0.717) is 16.9 Å². The van der Waals surface area contributed by atoms with E-state index in [0.717, 1.165) is 35.4 Å². The maximum atomic E-state index is 12.5. The quantitative estimate of drug-likeness (QED) is 0.563. The Balaban J connectivity index is 1.62. The van der Waals surface area contributed by atoms with Crippen LogP contribution in [-0.2, 0) is 0 Å². The molecule has 0 atom stereocenters. The Morgan fingerprint density at radius 2 is 1.79 bits per heavy atom. The van der Waals surface area contributed by atoms with E-state index >= 15 is 0 Å². The van der Waals surface area contributed by atoms with E-state index < -0.39 is 0 Å². The maximum Gasteiger partial charge on any atom is 0.277 e. The number of aryl methyl sites for hydroxylation is 3. The van der Waals surface area contributed by atoms with E-state index in [1.807, 2.05) is 19.9 Å². The van der Waals surface area contributed by atoms with Crippen LogP contribution in [0.2, 0.25) is 0 Å². The predicted molar refractivity (Wildman–Crippen MR) is 95.8 cm³/mol. The van der Waals surface area contributed by atoms with Gasteiger partial charge in [0.25, 0.3) is 5.22 Å². The molecule has 0 N–H and O–H groups in total. The number of ketones is 1. The first kappa shape index (κ1) is 17.2. The van der Waals surface area contributed by atoms with Crippen molar-refractivity contribution in [3.63, 3.8) is 0 Å². The Hall–Kier alpha value is -1.62. The molecular formula is C19H24N2O2S. The van der Waals surface area contributed by atoms with Crippen LogP contribution in [0, 0.1) is 20.8 Å². The van der Waals surface area contributed by atoms with Crippen molar-refractivity contribution in [3.05, 3.63) is 40.3 Å². The van der Waals surface area contributed by atoms with Gasteiger partial charge in [0, 0.05) is 11.5 Å². The van der Waals surface area contributed by atoms with Crippen molar-refractivity contribution in [3.8, 4) is 0 Å². The first-order valence-electron chi connectivity index (χ1n) is 8.62. The number of aromatic nitrogens is 2. The predicted octanol–water partition coefficient (Wildman–Crippen LogP) is 5.02. The number of thioether (sulfide) groups is 1. The van der Waals surface area contributed by atoms with Crippen molar-refractivity contribution < 1.29 is 9.21 Å². The van der Waals surface area contributed by atoms with Crippen LogP contribution in [0.5, 0.6) is 0 Å². The van der Waals surface area contributed by atoms with Gasteiger partial charge < -0.3 is 4.42 Å². The van der Waals surface area contributed by atoms with Crippen molar-refractivity contribution in [2.24, 2.45) is 0 Å². The van der Waals surface area contributed by atoms with Gasteiger partial charge in [-0.2, -0.15) is 0 Å². The zero-order chi connectivity index (χ0) is 17.1. The lowest BCUT2D eigenvalue weighted by Gasteiger charge is -2.17. The van der Waals surface area contributed by atoms with Crippen molar-refractivity contribution in [2.75, 3.05) is 5.75 Å². The molecule has 0 aliphatic heterocycles. The molecule has 128 valence electrons. The highest BCUT2D eigenvalue weighted by atomic mass is 32.2. The summed E-state index contributed by atoms with van der Waals surface area (Å²) in [6, 6.07) is 4.05. The molecule has 1 aliphatic carbocycles. The van der Waals surface area contributed by atoms with Gasteiger partial charge in [0.05, 0.1) is 5.75 Å². The summed E-state index contributed by atoms with van der Waals surface area (Å²) in [6.45, 7) is 6.09. The zero-order valence-corrected chi connectivity index (χ0v) is 15.4. The highest BCUT2D eigenvalue weighted by molar-refractivity contribution is 7.99. The van der Waals surface area contributed by atoms with Crippen LogP contribution in [0.4, 0.5) is 0 Å². The zero-order valence-electron chi connectivity index (χ0n) is 14.6. The second-order valence-electron chi connectivity index (χ2n) is 6.70. The minimum absolute atomic E-state index is 0.109. The number of rotatable bonds is 5. The molecule has 1 saturated carbocycles. The van der Waals surface area contributed by atoms with Gasteiger partial charge in [-0.05, 0) is 56.4 Å². The van der Waals surface area contributed by atoms with Gasteiger partial charge in [0.15, 0.2) is 5.78 Å². The second kappa shape index (κ2) is 7.51. The van der Waals surface area contributed by atoms with Gasteiger partial charge in [0.1, 0.15) is 0 Å². The van der Waals surface area contributed by atoms with Crippen LogP contribution in [0.1, 0.15) is 71.0 Å². The van der Waals surface area contributed by atoms with Crippen LogP contribution < -0.4 is 0 Å². The Morgan fingerprint density at radius 1 is 1.08 bits per heavy atom. The van der Waals surface area contributed by atoms with Crippen LogP contribution in [0.25, 0.3) is 0 Å². The molecule has 0 unspecified atom stereocenters. The summed E-state index contributed by atoms with van der Waals surface area (Å²) in [5.41, 5.74) is 4.17. The molecule has 1 aromatic carbocycles. The van der Waals surface area contributed by atoms with Gasteiger partial charge in [-0.15, -0.1) is 10.2 Å². The van der Waals surface area contributed by atoms with Crippen molar-refractivity contribution >= 4 is 17.5 Å². The Bertz CT molecular complexity index is 733. The van der Waals surface area contributed by atoms with Gasteiger partial charge in [-0.3, -0.25) is 4.79 Å². The van der Waals surface area contributed by atoms with Crippen LogP contribution >= 0.6 is 11.8 Å². The number of hydrogen-bond donors (Lipinski definition) is 0. The van der Waals surface area contributed by atoms with Crippen LogP contribution in [-0.4, -0.2) is 21.7 Å². The average Bonchev–Trinajstić information content (AvgIpc) is 3.06. The molecule has 2 aromatic rings. The van der Waals surface area contributed by atoms with Crippen molar-refractivity contribution in [2.45, 2.75) is 64.0 Å². The minimum Gasteiger partial charge on any atom is -0.416 e. The van der Waals surface area contributed by atoms with Crippen molar-refractivity contribution in [1.82, 2.24) is 10.2 Å². The monoisotopic (exact) mass is 344 g/mol. The largest absolute Gasteiger partial charge is 0.416 e. The summed E-state index contributed by atoms with van der Waals surface area (Å²) in [5, 5.41) is 8.80. The highest BCUT2D eigenvalue weighted by Gasteiger charge is 2.22. The fourth-order valence-corrected chi connectivity index (χ4v) is 3.91. The van der Waals surface area contributed by atoms with Crippen LogP contribution in [0.15, 0.2) is 21.8 Å². The summed E-state index contributed by atoms with van der Waals surface area (Å²) in [4.78, 5) is 12.5. The summed E-state index contributed by atoms with van der Waals surface area (Å²) >= 11 is 1.34. The second-order valence-corrected chi connectivity index (χ2v) is 7.63. The third-order valence-electron chi connectivity index (χ3n) is 4.84. The topological polar surface area (TPSA) is 56.0 Å². The van der Waals surface area contributed by atoms with Gasteiger partial charge in [0.2, 0.25) is 5.89 Å². The first-order valence-corrected chi connectivity index (χ1v) is 9.60. The number of carbonyl (C=O) groups excluding carboxylic acids is 1. The van der Waals surface area contributed by atoms with Gasteiger partial charge in [-0.25, -0.2) is 0 Å². The first-order chi connectivity index (χ1) is 11.5. The number of hydrogen-bond acceptors (Lipinski definition) is 5. The lowest BCUT2D eigenvalue weighted by Crippen LogP contribution is -2.06. The molecule has 1 fully saturated rings. The summed E-state index contributed by atoms with van der Waals surface area (Å²) in [5.74, 6) is 1.58. The van der Waals surface area contributed by atoms with Crippen molar-refractivity contribution in [1.29, 1.82) is 0 Å². The van der Waals surface area contributed by atoms with Gasteiger partial charge in [-0.1, -0.05) is 37.1 Å². The van der Waals surface area contributed by atoms with E-state index in [9.17, 15) is 4.79 Å². The molecule has 3 rings (SSSR count). The number of carbonyl (C=O) groups is 1. The fourth-order valence-electron chi connectivity index (χ4n) is 3.26. The lowest BCUT2D eigenvalue weighted by molar-refractivity contribution is 0.102. The molecule has 0 saturated heterocycles. The van der Waals surface area contributed by atoms with E-state index in [1.54, 1.807) is 0 Å². The third-order valence-corrected chi connectivity index (χ3v) is 5.66. The van der Waals surface area contributed by atoms with E-state index in [1.165, 1.54) is 36.6 Å².